The Morgan fingerprint density at radius 2 is 1.91 bits per heavy atom. The van der Waals surface area contributed by atoms with Crippen molar-refractivity contribution in [3.63, 3.8) is 0 Å². The Labute approximate surface area is 131 Å². The molecule has 0 fully saturated rings. The molecule has 0 aliphatic rings. The van der Waals surface area contributed by atoms with Gasteiger partial charge in [-0.25, -0.2) is 0 Å². The van der Waals surface area contributed by atoms with Gasteiger partial charge in [-0.1, -0.05) is 44.2 Å². The Bertz CT molecular complexity index is 601. The fraction of sp³-hybridized carbons (Fsp3) is 0.389. The Morgan fingerprint density at radius 1 is 1.23 bits per heavy atom. The van der Waals surface area contributed by atoms with Crippen molar-refractivity contribution in [1.29, 1.82) is 0 Å². The van der Waals surface area contributed by atoms with Gasteiger partial charge in [0, 0.05) is 12.0 Å². The average Bonchev–Trinajstić information content (AvgIpc) is 3.06. The molecule has 0 bridgehead atoms. The van der Waals surface area contributed by atoms with E-state index in [1.807, 2.05) is 18.2 Å². The van der Waals surface area contributed by atoms with E-state index in [0.717, 1.165) is 12.8 Å². The van der Waals surface area contributed by atoms with Crippen LogP contribution in [-0.4, -0.2) is 12.5 Å². The Hall–Kier alpha value is -2.07. The third-order valence-electron chi connectivity index (χ3n) is 4.44. The Morgan fingerprint density at radius 3 is 2.45 bits per heavy atom. The van der Waals surface area contributed by atoms with Crippen LogP contribution in [0.4, 0.5) is 0 Å². The van der Waals surface area contributed by atoms with Crippen LogP contribution in [0.3, 0.4) is 0 Å². The van der Waals surface area contributed by atoms with Crippen molar-refractivity contribution in [3.8, 4) is 0 Å². The molecular formula is C18H24N2O2. The van der Waals surface area contributed by atoms with E-state index < -0.39 is 0 Å². The maximum Gasteiger partial charge on any atom is 0.254 e. The topological polar surface area (TPSA) is 68.3 Å². The molecular weight excluding hydrogens is 276 g/mol. The standard InChI is InChI=1S/C18H24N2O2/c1-3-18(4-2,15-8-6-5-7-9-15)13-20-17(21)14-10-16(11-19)22-12-14/h5-10,12H,3-4,11,13,19H2,1-2H3,(H,20,21). The molecule has 0 unspecified atom stereocenters. The van der Waals surface area contributed by atoms with Crippen molar-refractivity contribution < 1.29 is 9.21 Å². The minimum Gasteiger partial charge on any atom is -0.467 e. The molecule has 0 saturated heterocycles. The highest BCUT2D eigenvalue weighted by molar-refractivity contribution is 5.94. The second kappa shape index (κ2) is 7.27. The summed E-state index contributed by atoms with van der Waals surface area (Å²) in [6.07, 6.45) is 3.39. The summed E-state index contributed by atoms with van der Waals surface area (Å²) in [5, 5.41) is 3.04. The molecule has 0 aliphatic carbocycles. The fourth-order valence-corrected chi connectivity index (χ4v) is 2.76. The maximum absolute atomic E-state index is 12.3. The normalized spacial score (nSPS) is 11.4. The number of carbonyl (C=O) groups excluding carboxylic acids is 1. The molecule has 0 atom stereocenters. The molecule has 3 N–H and O–H groups in total. The van der Waals surface area contributed by atoms with Crippen LogP contribution in [0, 0.1) is 0 Å². The predicted molar refractivity (Wildman–Crippen MR) is 87.6 cm³/mol. The Kier molecular flexibility index (Phi) is 5.39. The first-order valence-corrected chi connectivity index (χ1v) is 7.76. The van der Waals surface area contributed by atoms with E-state index in [2.05, 4.69) is 31.3 Å². The quantitative estimate of drug-likeness (QED) is 0.825. The van der Waals surface area contributed by atoms with E-state index in [4.69, 9.17) is 10.2 Å². The van der Waals surface area contributed by atoms with Crippen molar-refractivity contribution >= 4 is 5.91 Å². The zero-order valence-corrected chi connectivity index (χ0v) is 13.3. The van der Waals surface area contributed by atoms with Gasteiger partial charge in [-0.05, 0) is 24.5 Å². The molecule has 0 spiro atoms. The lowest BCUT2D eigenvalue weighted by atomic mass is 9.76. The molecule has 22 heavy (non-hydrogen) atoms. The lowest BCUT2D eigenvalue weighted by molar-refractivity contribution is 0.0941. The third-order valence-corrected chi connectivity index (χ3v) is 4.44. The highest BCUT2D eigenvalue weighted by Gasteiger charge is 2.29. The van der Waals surface area contributed by atoms with Crippen molar-refractivity contribution in [3.05, 3.63) is 59.5 Å². The number of hydrogen-bond acceptors (Lipinski definition) is 3. The van der Waals surface area contributed by atoms with Gasteiger partial charge in [-0.15, -0.1) is 0 Å². The summed E-state index contributed by atoms with van der Waals surface area (Å²) >= 11 is 0. The molecule has 0 radical (unpaired) electrons. The van der Waals surface area contributed by atoms with Gasteiger partial charge in [-0.3, -0.25) is 4.79 Å². The van der Waals surface area contributed by atoms with E-state index in [9.17, 15) is 4.79 Å². The summed E-state index contributed by atoms with van der Waals surface area (Å²) in [6, 6.07) is 12.0. The molecule has 2 rings (SSSR count). The molecule has 1 heterocycles. The molecule has 1 aromatic heterocycles. The van der Waals surface area contributed by atoms with E-state index in [1.54, 1.807) is 6.07 Å². The highest BCUT2D eigenvalue weighted by Crippen LogP contribution is 2.30. The van der Waals surface area contributed by atoms with Gasteiger partial charge >= 0.3 is 0 Å². The minimum absolute atomic E-state index is 0.0443. The van der Waals surface area contributed by atoms with E-state index >= 15 is 0 Å². The first-order valence-electron chi connectivity index (χ1n) is 7.76. The van der Waals surface area contributed by atoms with Crippen LogP contribution in [-0.2, 0) is 12.0 Å². The molecule has 1 amide bonds. The molecule has 4 heteroatoms. The maximum atomic E-state index is 12.3. The van der Waals surface area contributed by atoms with E-state index in [1.165, 1.54) is 11.8 Å². The number of hydrogen-bond donors (Lipinski definition) is 2. The predicted octanol–water partition coefficient (Wildman–Crippen LogP) is 3.23. The molecule has 0 aliphatic heterocycles. The summed E-state index contributed by atoms with van der Waals surface area (Å²) < 4.78 is 5.22. The van der Waals surface area contributed by atoms with Gasteiger partial charge in [0.1, 0.15) is 12.0 Å². The third kappa shape index (κ3) is 3.39. The first-order chi connectivity index (χ1) is 10.6. The molecule has 4 nitrogen and oxygen atoms in total. The summed E-state index contributed by atoms with van der Waals surface area (Å²) in [6.45, 7) is 5.22. The van der Waals surface area contributed by atoms with Crippen LogP contribution in [0.15, 0.2) is 47.1 Å². The molecule has 1 aromatic carbocycles. The number of amides is 1. The highest BCUT2D eigenvalue weighted by atomic mass is 16.3. The number of rotatable bonds is 7. The van der Waals surface area contributed by atoms with Crippen LogP contribution in [0.25, 0.3) is 0 Å². The molecule has 0 saturated carbocycles. The second-order valence-corrected chi connectivity index (χ2v) is 5.54. The number of carbonyl (C=O) groups is 1. The van der Waals surface area contributed by atoms with Gasteiger partial charge < -0.3 is 15.5 Å². The average molecular weight is 300 g/mol. The van der Waals surface area contributed by atoms with E-state index in [0.29, 0.717) is 24.4 Å². The van der Waals surface area contributed by atoms with Crippen LogP contribution in [0.1, 0.15) is 48.4 Å². The van der Waals surface area contributed by atoms with E-state index in [-0.39, 0.29) is 11.3 Å². The second-order valence-electron chi connectivity index (χ2n) is 5.54. The van der Waals surface area contributed by atoms with Gasteiger partial charge in [-0.2, -0.15) is 0 Å². The smallest absolute Gasteiger partial charge is 0.254 e. The lowest BCUT2D eigenvalue weighted by Crippen LogP contribution is -2.40. The van der Waals surface area contributed by atoms with Crippen molar-refractivity contribution in [2.75, 3.05) is 6.54 Å². The Balaban J connectivity index is 2.10. The zero-order chi connectivity index (χ0) is 16.0. The van der Waals surface area contributed by atoms with Gasteiger partial charge in [0.25, 0.3) is 5.91 Å². The minimum atomic E-state index is -0.120. The first kappa shape index (κ1) is 16.3. The van der Waals surface area contributed by atoms with Gasteiger partial charge in [0.15, 0.2) is 0 Å². The largest absolute Gasteiger partial charge is 0.467 e. The van der Waals surface area contributed by atoms with Gasteiger partial charge in [0.2, 0.25) is 0 Å². The van der Waals surface area contributed by atoms with Crippen LogP contribution < -0.4 is 11.1 Å². The summed E-state index contributed by atoms with van der Waals surface area (Å²) in [5.74, 6) is 0.496. The van der Waals surface area contributed by atoms with Crippen molar-refractivity contribution in [2.24, 2.45) is 5.73 Å². The molecule has 2 aromatic rings. The summed E-state index contributed by atoms with van der Waals surface area (Å²) in [7, 11) is 0. The van der Waals surface area contributed by atoms with Crippen molar-refractivity contribution in [1.82, 2.24) is 5.32 Å². The van der Waals surface area contributed by atoms with Gasteiger partial charge in [0.05, 0.1) is 12.1 Å². The zero-order valence-electron chi connectivity index (χ0n) is 13.3. The number of furan rings is 1. The monoisotopic (exact) mass is 300 g/mol. The summed E-state index contributed by atoms with van der Waals surface area (Å²) in [5.41, 5.74) is 7.24. The fourth-order valence-electron chi connectivity index (χ4n) is 2.76. The number of benzene rings is 1. The van der Waals surface area contributed by atoms with Crippen LogP contribution >= 0.6 is 0 Å². The van der Waals surface area contributed by atoms with Crippen molar-refractivity contribution in [2.45, 2.75) is 38.6 Å². The summed E-state index contributed by atoms with van der Waals surface area (Å²) in [4.78, 5) is 12.3. The van der Waals surface area contributed by atoms with Crippen LogP contribution in [0.2, 0.25) is 0 Å². The lowest BCUT2D eigenvalue weighted by Gasteiger charge is -2.32. The molecule has 118 valence electrons. The number of nitrogens with one attached hydrogen (secondary N) is 1. The number of nitrogens with two attached hydrogens (primary N) is 1. The van der Waals surface area contributed by atoms with Crippen LogP contribution in [0.5, 0.6) is 0 Å². The SMILES string of the molecule is CCC(CC)(CNC(=O)c1coc(CN)c1)c1ccccc1.